The lowest BCUT2D eigenvalue weighted by Gasteiger charge is -2.08. The van der Waals surface area contributed by atoms with E-state index in [0.717, 1.165) is 29.3 Å². The summed E-state index contributed by atoms with van der Waals surface area (Å²) in [5.41, 5.74) is 8.96. The highest BCUT2D eigenvalue weighted by Gasteiger charge is 2.30. The molecule has 0 bridgehead atoms. The van der Waals surface area contributed by atoms with Crippen LogP contribution in [0.1, 0.15) is 33.4 Å². The van der Waals surface area contributed by atoms with Crippen molar-refractivity contribution in [2.45, 2.75) is 34.5 Å². The number of hydrogen-bond donors (Lipinski definition) is 3. The van der Waals surface area contributed by atoms with Crippen LogP contribution in [0.5, 0.6) is 0 Å². The van der Waals surface area contributed by atoms with Gasteiger partial charge in [-0.3, -0.25) is 10.1 Å². The lowest BCUT2D eigenvalue weighted by molar-refractivity contribution is -0.384. The van der Waals surface area contributed by atoms with Gasteiger partial charge in [-0.05, 0) is 57.4 Å². The lowest BCUT2D eigenvalue weighted by atomic mass is 9.79. The second kappa shape index (κ2) is 13.6. The highest BCUT2D eigenvalue weighted by atomic mass is 32.2. The zero-order valence-electron chi connectivity index (χ0n) is 24.8. The van der Waals surface area contributed by atoms with E-state index < -0.39 is 44.6 Å². The normalized spacial score (nSPS) is 13.5. The number of benzene rings is 4. The first-order chi connectivity index (χ1) is 22.7. The van der Waals surface area contributed by atoms with Gasteiger partial charge in [0.25, 0.3) is 5.69 Å². The molecule has 2 heterocycles. The molecule has 0 saturated heterocycles. The summed E-state index contributed by atoms with van der Waals surface area (Å²) >= 11 is 0. The van der Waals surface area contributed by atoms with Crippen LogP contribution >= 0.6 is 0 Å². The van der Waals surface area contributed by atoms with E-state index in [-0.39, 0.29) is 39.0 Å². The van der Waals surface area contributed by atoms with E-state index >= 15 is 0 Å². The van der Waals surface area contributed by atoms with Gasteiger partial charge in [0.2, 0.25) is 0 Å². The standard InChI is InChI=1S/C15H11BN2O6S.C15H13BN2O4S/c17-7-12-6-13(18(20)21)3-4-15(12)25(22,23)9-10-1-2-11-8-24-16(19)14(11)5-10;17-7-12-6-13(18)3-4-15(12)23(20,21)9-10-1-2-11-8-22-16(19)14(11)5-10/h1-6,19H,8-9H2;1-6,19H,8-9,18H2. The number of nitriles is 2. The van der Waals surface area contributed by atoms with Gasteiger partial charge in [-0.1, -0.05) is 36.4 Å². The Morgan fingerprint density at radius 3 is 1.67 bits per heavy atom. The third-order valence-electron chi connectivity index (χ3n) is 7.55. The van der Waals surface area contributed by atoms with E-state index in [4.69, 9.17) is 25.6 Å². The average molecular weight is 686 g/mol. The molecule has 242 valence electrons. The minimum Gasteiger partial charge on any atom is -0.423 e. The summed E-state index contributed by atoms with van der Waals surface area (Å²) in [4.78, 5) is 9.76. The molecular formula is C30H24B2N4O10S2. The van der Waals surface area contributed by atoms with Crippen molar-refractivity contribution in [2.24, 2.45) is 0 Å². The molecule has 4 aromatic carbocycles. The van der Waals surface area contributed by atoms with Crippen LogP contribution in [0.3, 0.4) is 0 Å². The molecule has 48 heavy (non-hydrogen) atoms. The predicted octanol–water partition coefficient (Wildman–Crippen LogP) is 0.990. The zero-order chi connectivity index (χ0) is 34.8. The Kier molecular flexibility index (Phi) is 9.69. The molecule has 14 nitrogen and oxygen atoms in total. The molecule has 4 N–H and O–H groups in total. The number of sulfone groups is 2. The Hall–Kier alpha value is -5.07. The van der Waals surface area contributed by atoms with Crippen LogP contribution in [0.15, 0.2) is 82.6 Å². The molecular weight excluding hydrogens is 662 g/mol. The number of rotatable bonds is 7. The minimum atomic E-state index is -3.90. The molecule has 0 aliphatic carbocycles. The highest BCUT2D eigenvalue weighted by molar-refractivity contribution is 7.91. The van der Waals surface area contributed by atoms with Gasteiger partial charge in [-0.25, -0.2) is 16.8 Å². The van der Waals surface area contributed by atoms with Crippen LogP contribution in [0.2, 0.25) is 0 Å². The largest absolute Gasteiger partial charge is 0.491 e. The van der Waals surface area contributed by atoms with Crippen molar-refractivity contribution in [1.82, 2.24) is 0 Å². The predicted molar refractivity (Wildman–Crippen MR) is 173 cm³/mol. The highest BCUT2D eigenvalue weighted by Crippen LogP contribution is 2.26. The van der Waals surface area contributed by atoms with Gasteiger partial charge >= 0.3 is 14.2 Å². The second-order valence-electron chi connectivity index (χ2n) is 10.8. The van der Waals surface area contributed by atoms with E-state index in [2.05, 4.69) is 0 Å². The first-order valence-corrected chi connectivity index (χ1v) is 17.3. The Bertz CT molecular complexity index is 2250. The van der Waals surface area contributed by atoms with Crippen molar-refractivity contribution >= 4 is 56.2 Å². The fourth-order valence-corrected chi connectivity index (χ4v) is 8.18. The van der Waals surface area contributed by atoms with Gasteiger partial charge in [0.1, 0.15) is 12.1 Å². The third-order valence-corrected chi connectivity index (χ3v) is 11.0. The van der Waals surface area contributed by atoms with Crippen LogP contribution in [0, 0.1) is 32.8 Å². The number of nitro benzene ring substituents is 1. The van der Waals surface area contributed by atoms with Gasteiger partial charge in [-0.2, -0.15) is 10.5 Å². The van der Waals surface area contributed by atoms with Crippen LogP contribution in [-0.2, 0) is 53.7 Å². The smallest absolute Gasteiger partial charge is 0.423 e. The monoisotopic (exact) mass is 686 g/mol. The van der Waals surface area contributed by atoms with Crippen LogP contribution in [-0.4, -0.2) is 46.0 Å². The van der Waals surface area contributed by atoms with Crippen molar-refractivity contribution in [3.05, 3.63) is 116 Å². The molecule has 0 fully saturated rings. The summed E-state index contributed by atoms with van der Waals surface area (Å²) in [6.07, 6.45) is 0. The minimum absolute atomic E-state index is 0.0227. The van der Waals surface area contributed by atoms with E-state index in [9.17, 15) is 37.0 Å². The number of nitrogen functional groups attached to an aromatic ring is 1. The number of nitrogens with zero attached hydrogens (tertiary/aromatic N) is 3. The SMILES string of the molecule is N#Cc1cc(N)ccc1S(=O)(=O)Cc1ccc2c(c1)B(O)OC2.N#Cc1cc([N+](=O)[O-])ccc1S(=O)(=O)Cc1ccc2c(c1)B(O)OC2. The molecule has 2 aliphatic rings. The third kappa shape index (κ3) is 7.24. The number of nitrogens with two attached hydrogens (primary N) is 1. The first-order valence-electron chi connectivity index (χ1n) is 14.0. The Morgan fingerprint density at radius 1 is 0.750 bits per heavy atom. The van der Waals surface area contributed by atoms with Crippen LogP contribution in [0.25, 0.3) is 0 Å². The van der Waals surface area contributed by atoms with Crippen molar-refractivity contribution in [1.29, 1.82) is 10.5 Å². The topological polar surface area (TPSA) is 244 Å². The fourth-order valence-electron chi connectivity index (χ4n) is 5.20. The summed E-state index contributed by atoms with van der Waals surface area (Å²) in [7, 11) is -9.73. The van der Waals surface area contributed by atoms with Crippen molar-refractivity contribution in [2.75, 3.05) is 5.73 Å². The molecule has 0 atom stereocenters. The van der Waals surface area contributed by atoms with E-state index in [1.165, 1.54) is 18.2 Å². The summed E-state index contributed by atoms with van der Waals surface area (Å²) < 4.78 is 60.6. The molecule has 0 saturated carbocycles. The zero-order valence-corrected chi connectivity index (χ0v) is 26.4. The summed E-state index contributed by atoms with van der Waals surface area (Å²) in [5.74, 6) is -0.676. The molecule has 6 rings (SSSR count). The van der Waals surface area contributed by atoms with Crippen LogP contribution in [0.4, 0.5) is 11.4 Å². The second-order valence-corrected chi connectivity index (χ2v) is 14.7. The number of fused-ring (bicyclic) bond motifs is 2. The average Bonchev–Trinajstić information content (AvgIpc) is 3.61. The Morgan fingerprint density at radius 2 is 1.21 bits per heavy atom. The number of hydrogen-bond acceptors (Lipinski definition) is 13. The maximum atomic E-state index is 12.6. The van der Waals surface area contributed by atoms with Crippen molar-refractivity contribution < 1.29 is 41.1 Å². The van der Waals surface area contributed by atoms with Gasteiger partial charge in [0, 0.05) is 17.8 Å². The Labute approximate surface area is 275 Å². The molecule has 0 unspecified atom stereocenters. The van der Waals surface area contributed by atoms with Gasteiger partial charge < -0.3 is 25.1 Å². The molecule has 0 amide bonds. The number of anilines is 1. The lowest BCUT2D eigenvalue weighted by Crippen LogP contribution is -2.28. The van der Waals surface area contributed by atoms with E-state index in [1.54, 1.807) is 42.5 Å². The van der Waals surface area contributed by atoms with Gasteiger partial charge in [0.05, 0.1) is 50.6 Å². The van der Waals surface area contributed by atoms with Crippen LogP contribution < -0.4 is 16.7 Å². The number of nitro groups is 1. The van der Waals surface area contributed by atoms with Crippen molar-refractivity contribution in [3.8, 4) is 12.1 Å². The molecule has 0 aromatic heterocycles. The first kappa shape index (κ1) is 34.3. The van der Waals surface area contributed by atoms with Gasteiger partial charge in [0.15, 0.2) is 19.7 Å². The summed E-state index contributed by atoms with van der Waals surface area (Å²) in [6.45, 7) is 0.560. The van der Waals surface area contributed by atoms with E-state index in [1.807, 2.05) is 6.07 Å². The summed E-state index contributed by atoms with van der Waals surface area (Å²) in [5, 5.41) is 48.4. The van der Waals surface area contributed by atoms with Crippen molar-refractivity contribution in [3.63, 3.8) is 0 Å². The fraction of sp³-hybridized carbons (Fsp3) is 0.133. The quantitative estimate of drug-likeness (QED) is 0.106. The molecule has 2 aliphatic heterocycles. The van der Waals surface area contributed by atoms with Gasteiger partial charge in [-0.15, -0.1) is 0 Å². The molecule has 0 radical (unpaired) electrons. The molecule has 0 spiro atoms. The Balaban J connectivity index is 0.000000188. The maximum absolute atomic E-state index is 12.6. The number of non-ortho nitro benzene ring substituents is 1. The van der Waals surface area contributed by atoms with E-state index in [0.29, 0.717) is 34.3 Å². The molecule has 18 heteroatoms. The summed E-state index contributed by atoms with van der Waals surface area (Å²) in [6, 6.07) is 20.6. The maximum Gasteiger partial charge on any atom is 0.491 e. The molecule has 4 aromatic rings.